The van der Waals surface area contributed by atoms with E-state index < -0.39 is 0 Å². The molecular formula is C13H15Br2FN2O. The molecule has 0 radical (unpaired) electrons. The Bertz CT molecular complexity index is 462. The highest BCUT2D eigenvalue weighted by atomic mass is 79.9. The second-order valence-corrected chi connectivity index (χ2v) is 6.09. The van der Waals surface area contributed by atoms with Gasteiger partial charge in [0.2, 0.25) is 0 Å². The molecule has 1 heterocycles. The standard InChI is InChI=1S/C13H15Br2FN2O/c14-3-4-17-5-7-18(8-6-17)13(19)11-2-1-10(16)9-12(11)15/h1-2,9H,3-8H2. The number of hydrogen-bond acceptors (Lipinski definition) is 2. The first-order valence-electron chi connectivity index (χ1n) is 6.14. The van der Waals surface area contributed by atoms with Crippen molar-refractivity contribution >= 4 is 37.8 Å². The van der Waals surface area contributed by atoms with E-state index >= 15 is 0 Å². The molecule has 1 aromatic carbocycles. The fourth-order valence-corrected chi connectivity index (χ4v) is 3.15. The molecule has 2 rings (SSSR count). The molecule has 0 N–H and O–H groups in total. The van der Waals surface area contributed by atoms with E-state index in [9.17, 15) is 9.18 Å². The van der Waals surface area contributed by atoms with Gasteiger partial charge in [0.1, 0.15) is 5.82 Å². The van der Waals surface area contributed by atoms with Gasteiger partial charge in [-0.2, -0.15) is 0 Å². The van der Waals surface area contributed by atoms with Gasteiger partial charge in [-0.25, -0.2) is 4.39 Å². The molecule has 19 heavy (non-hydrogen) atoms. The number of piperazine rings is 1. The van der Waals surface area contributed by atoms with Crippen molar-refractivity contribution in [1.29, 1.82) is 0 Å². The van der Waals surface area contributed by atoms with E-state index in [4.69, 9.17) is 0 Å². The quantitative estimate of drug-likeness (QED) is 0.737. The summed E-state index contributed by atoms with van der Waals surface area (Å²) in [6.45, 7) is 4.21. The van der Waals surface area contributed by atoms with E-state index in [1.54, 1.807) is 0 Å². The van der Waals surface area contributed by atoms with Crippen molar-refractivity contribution in [2.75, 3.05) is 38.1 Å². The van der Waals surface area contributed by atoms with E-state index in [1.807, 2.05) is 4.90 Å². The third-order valence-corrected chi connectivity index (χ3v) is 4.23. The summed E-state index contributed by atoms with van der Waals surface area (Å²) in [7, 11) is 0. The Morgan fingerprint density at radius 1 is 1.26 bits per heavy atom. The highest BCUT2D eigenvalue weighted by molar-refractivity contribution is 9.10. The minimum absolute atomic E-state index is 0.0367. The summed E-state index contributed by atoms with van der Waals surface area (Å²) in [6, 6.07) is 4.18. The Balaban J connectivity index is 2.01. The minimum Gasteiger partial charge on any atom is -0.336 e. The lowest BCUT2D eigenvalue weighted by Crippen LogP contribution is -2.49. The van der Waals surface area contributed by atoms with Crippen LogP contribution in [0.5, 0.6) is 0 Å². The van der Waals surface area contributed by atoms with Gasteiger partial charge in [0.15, 0.2) is 0 Å². The van der Waals surface area contributed by atoms with E-state index in [2.05, 4.69) is 36.8 Å². The molecule has 1 aliphatic heterocycles. The Kier molecular flexibility index (Phi) is 5.36. The van der Waals surface area contributed by atoms with Gasteiger partial charge in [0, 0.05) is 42.5 Å². The van der Waals surface area contributed by atoms with Crippen LogP contribution in [0.3, 0.4) is 0 Å². The lowest BCUT2D eigenvalue weighted by molar-refractivity contribution is 0.0644. The van der Waals surface area contributed by atoms with Crippen LogP contribution >= 0.6 is 31.9 Å². The maximum Gasteiger partial charge on any atom is 0.255 e. The van der Waals surface area contributed by atoms with Gasteiger partial charge in [0.05, 0.1) is 5.56 Å². The van der Waals surface area contributed by atoms with E-state index in [0.29, 0.717) is 10.0 Å². The Hall–Kier alpha value is -0.460. The van der Waals surface area contributed by atoms with Gasteiger partial charge in [-0.15, -0.1) is 0 Å². The average molecular weight is 394 g/mol. The summed E-state index contributed by atoms with van der Waals surface area (Å²) in [5, 5.41) is 0.949. The van der Waals surface area contributed by atoms with Crippen LogP contribution in [0.4, 0.5) is 4.39 Å². The molecule has 0 aromatic heterocycles. The van der Waals surface area contributed by atoms with Crippen LogP contribution in [0.2, 0.25) is 0 Å². The Labute approximate surface area is 129 Å². The zero-order valence-corrected chi connectivity index (χ0v) is 13.6. The van der Waals surface area contributed by atoms with Gasteiger partial charge in [0.25, 0.3) is 5.91 Å². The molecule has 104 valence electrons. The van der Waals surface area contributed by atoms with Crippen molar-refractivity contribution in [3.05, 3.63) is 34.1 Å². The average Bonchev–Trinajstić information content (AvgIpc) is 2.39. The van der Waals surface area contributed by atoms with Crippen LogP contribution in [0.25, 0.3) is 0 Å². The van der Waals surface area contributed by atoms with Crippen LogP contribution in [0.1, 0.15) is 10.4 Å². The smallest absolute Gasteiger partial charge is 0.255 e. The number of amides is 1. The number of rotatable bonds is 3. The zero-order valence-electron chi connectivity index (χ0n) is 10.4. The lowest BCUT2D eigenvalue weighted by Gasteiger charge is -2.34. The van der Waals surface area contributed by atoms with Gasteiger partial charge in [-0.3, -0.25) is 9.69 Å². The largest absolute Gasteiger partial charge is 0.336 e. The van der Waals surface area contributed by atoms with Crippen LogP contribution in [0, 0.1) is 5.82 Å². The van der Waals surface area contributed by atoms with E-state index in [1.165, 1.54) is 18.2 Å². The van der Waals surface area contributed by atoms with Crippen molar-refractivity contribution in [2.24, 2.45) is 0 Å². The fourth-order valence-electron chi connectivity index (χ4n) is 2.13. The fraction of sp³-hybridized carbons (Fsp3) is 0.462. The molecule has 3 nitrogen and oxygen atoms in total. The molecular weight excluding hydrogens is 379 g/mol. The third kappa shape index (κ3) is 3.77. The van der Waals surface area contributed by atoms with Crippen LogP contribution in [-0.2, 0) is 0 Å². The Morgan fingerprint density at radius 2 is 1.95 bits per heavy atom. The predicted octanol–water partition coefficient (Wildman–Crippen LogP) is 2.74. The number of carbonyl (C=O) groups excluding carboxylic acids is 1. The predicted molar refractivity (Wildman–Crippen MR) is 80.2 cm³/mol. The van der Waals surface area contributed by atoms with Crippen molar-refractivity contribution in [3.8, 4) is 0 Å². The maximum atomic E-state index is 13.0. The Morgan fingerprint density at radius 3 is 2.53 bits per heavy atom. The lowest BCUT2D eigenvalue weighted by atomic mass is 10.2. The van der Waals surface area contributed by atoms with Crippen molar-refractivity contribution in [2.45, 2.75) is 0 Å². The number of halogens is 3. The van der Waals surface area contributed by atoms with Gasteiger partial charge in [-0.1, -0.05) is 15.9 Å². The molecule has 1 saturated heterocycles. The number of alkyl halides is 1. The first kappa shape index (κ1) is 14.9. The minimum atomic E-state index is -0.342. The summed E-state index contributed by atoms with van der Waals surface area (Å²) in [4.78, 5) is 16.5. The van der Waals surface area contributed by atoms with Crippen LogP contribution in [0.15, 0.2) is 22.7 Å². The molecule has 1 aromatic rings. The van der Waals surface area contributed by atoms with E-state index in [0.717, 1.165) is 38.1 Å². The van der Waals surface area contributed by atoms with Crippen LogP contribution < -0.4 is 0 Å². The molecule has 0 unspecified atom stereocenters. The van der Waals surface area contributed by atoms with E-state index in [-0.39, 0.29) is 11.7 Å². The molecule has 1 amide bonds. The first-order valence-corrected chi connectivity index (χ1v) is 8.06. The first-order chi connectivity index (χ1) is 9.11. The molecule has 0 bridgehead atoms. The summed E-state index contributed by atoms with van der Waals surface area (Å²) < 4.78 is 13.5. The normalized spacial score (nSPS) is 16.7. The SMILES string of the molecule is O=C(c1ccc(F)cc1Br)N1CCN(CCBr)CC1. The molecule has 1 aliphatic rings. The molecule has 1 fully saturated rings. The van der Waals surface area contributed by atoms with Gasteiger partial charge >= 0.3 is 0 Å². The highest BCUT2D eigenvalue weighted by Crippen LogP contribution is 2.20. The highest BCUT2D eigenvalue weighted by Gasteiger charge is 2.23. The maximum absolute atomic E-state index is 13.0. The summed E-state index contributed by atoms with van der Waals surface area (Å²) in [5.74, 6) is -0.379. The van der Waals surface area contributed by atoms with Crippen molar-refractivity contribution < 1.29 is 9.18 Å². The number of carbonyl (C=O) groups is 1. The molecule has 0 saturated carbocycles. The summed E-state index contributed by atoms with van der Waals surface area (Å²) >= 11 is 6.66. The van der Waals surface area contributed by atoms with Crippen molar-refractivity contribution in [1.82, 2.24) is 9.80 Å². The van der Waals surface area contributed by atoms with Crippen LogP contribution in [-0.4, -0.2) is 53.8 Å². The third-order valence-electron chi connectivity index (χ3n) is 3.22. The molecule has 0 spiro atoms. The molecule has 0 atom stereocenters. The monoisotopic (exact) mass is 392 g/mol. The zero-order chi connectivity index (χ0) is 13.8. The number of nitrogens with zero attached hydrogens (tertiary/aromatic N) is 2. The molecule has 0 aliphatic carbocycles. The topological polar surface area (TPSA) is 23.6 Å². The summed E-state index contributed by atoms with van der Waals surface area (Å²) in [5.41, 5.74) is 0.523. The second kappa shape index (κ2) is 6.81. The van der Waals surface area contributed by atoms with Gasteiger partial charge in [-0.05, 0) is 34.1 Å². The van der Waals surface area contributed by atoms with Gasteiger partial charge < -0.3 is 4.90 Å². The second-order valence-electron chi connectivity index (χ2n) is 4.45. The molecule has 6 heteroatoms. The summed E-state index contributed by atoms with van der Waals surface area (Å²) in [6.07, 6.45) is 0. The van der Waals surface area contributed by atoms with Crippen molar-refractivity contribution in [3.63, 3.8) is 0 Å². The number of benzene rings is 1. The number of hydrogen-bond donors (Lipinski definition) is 0.